The molecule has 2 N–H and O–H groups in total. The predicted octanol–water partition coefficient (Wildman–Crippen LogP) is 1.37. The molecule has 0 aromatic heterocycles. The number of sulfonamides is 1. The highest BCUT2D eigenvalue weighted by molar-refractivity contribution is 7.88. The Hall–Kier alpha value is -0.820. The second-order valence-electron chi connectivity index (χ2n) is 4.75. The number of ether oxygens (including phenoxy) is 1. The molecule has 0 saturated carbocycles. The van der Waals surface area contributed by atoms with Gasteiger partial charge in [-0.15, -0.1) is 12.4 Å². The number of hydrogen-bond donors (Lipinski definition) is 1. The Labute approximate surface area is 126 Å². The summed E-state index contributed by atoms with van der Waals surface area (Å²) in [6.45, 7) is 0.964. The maximum absolute atomic E-state index is 12.4. The molecule has 20 heavy (non-hydrogen) atoms. The highest BCUT2D eigenvalue weighted by Gasteiger charge is 2.33. The lowest BCUT2D eigenvalue weighted by Gasteiger charge is -2.22. The van der Waals surface area contributed by atoms with Crippen LogP contribution >= 0.6 is 12.4 Å². The van der Waals surface area contributed by atoms with Gasteiger partial charge in [0, 0.05) is 19.1 Å². The SMILES string of the molecule is COc1cccc(CS(=O)(=O)N2CCCC2CN)c1.Cl. The van der Waals surface area contributed by atoms with E-state index >= 15 is 0 Å². The smallest absolute Gasteiger partial charge is 0.218 e. The summed E-state index contributed by atoms with van der Waals surface area (Å²) in [7, 11) is -1.73. The molecule has 114 valence electrons. The van der Waals surface area contributed by atoms with Gasteiger partial charge in [0.25, 0.3) is 0 Å². The number of nitrogens with two attached hydrogens (primary N) is 1. The van der Waals surface area contributed by atoms with Gasteiger partial charge in [-0.3, -0.25) is 0 Å². The summed E-state index contributed by atoms with van der Waals surface area (Å²) in [4.78, 5) is 0. The lowest BCUT2D eigenvalue weighted by Crippen LogP contribution is -2.40. The zero-order chi connectivity index (χ0) is 13.9. The van der Waals surface area contributed by atoms with Gasteiger partial charge < -0.3 is 10.5 Å². The van der Waals surface area contributed by atoms with E-state index in [2.05, 4.69) is 0 Å². The summed E-state index contributed by atoms with van der Waals surface area (Å²) in [5.41, 5.74) is 6.37. The number of methoxy groups -OCH3 is 1. The average molecular weight is 321 g/mol. The summed E-state index contributed by atoms with van der Waals surface area (Å²) in [5.74, 6) is 0.672. The molecular weight excluding hydrogens is 300 g/mol. The predicted molar refractivity (Wildman–Crippen MR) is 81.6 cm³/mol. The van der Waals surface area contributed by atoms with Crippen LogP contribution in [0.15, 0.2) is 24.3 Å². The van der Waals surface area contributed by atoms with E-state index in [0.717, 1.165) is 18.4 Å². The van der Waals surface area contributed by atoms with Crippen LogP contribution in [0.1, 0.15) is 18.4 Å². The number of benzene rings is 1. The van der Waals surface area contributed by atoms with Crippen LogP contribution in [0, 0.1) is 0 Å². The summed E-state index contributed by atoms with van der Waals surface area (Å²) in [6.07, 6.45) is 1.74. The molecule has 0 aliphatic carbocycles. The maximum atomic E-state index is 12.4. The molecule has 1 fully saturated rings. The van der Waals surface area contributed by atoms with E-state index in [1.807, 2.05) is 0 Å². The van der Waals surface area contributed by atoms with Gasteiger partial charge >= 0.3 is 0 Å². The largest absolute Gasteiger partial charge is 0.497 e. The molecule has 1 saturated heterocycles. The normalized spacial score (nSPS) is 19.6. The van der Waals surface area contributed by atoms with E-state index in [4.69, 9.17) is 10.5 Å². The maximum Gasteiger partial charge on any atom is 0.218 e. The Kier molecular flexibility index (Phi) is 6.26. The van der Waals surface area contributed by atoms with Crippen molar-refractivity contribution in [2.45, 2.75) is 24.6 Å². The topological polar surface area (TPSA) is 72.6 Å². The number of rotatable bonds is 5. The third-order valence-corrected chi connectivity index (χ3v) is 5.33. The van der Waals surface area contributed by atoms with Crippen molar-refractivity contribution >= 4 is 22.4 Å². The zero-order valence-corrected chi connectivity index (χ0v) is 13.1. The number of hydrogen-bond acceptors (Lipinski definition) is 4. The fraction of sp³-hybridized carbons (Fsp3) is 0.538. The molecule has 1 unspecified atom stereocenters. The first-order valence-electron chi connectivity index (χ1n) is 6.39. The number of halogens is 1. The fourth-order valence-corrected chi connectivity index (χ4v) is 4.29. The Balaban J connectivity index is 0.00000200. The molecule has 2 rings (SSSR count). The first kappa shape index (κ1) is 17.2. The van der Waals surface area contributed by atoms with Crippen LogP contribution in [-0.2, 0) is 15.8 Å². The fourth-order valence-electron chi connectivity index (χ4n) is 2.47. The van der Waals surface area contributed by atoms with Crippen molar-refractivity contribution in [2.24, 2.45) is 5.73 Å². The highest BCUT2D eigenvalue weighted by Crippen LogP contribution is 2.23. The van der Waals surface area contributed by atoms with Gasteiger partial charge in [0.1, 0.15) is 5.75 Å². The van der Waals surface area contributed by atoms with Gasteiger partial charge in [-0.25, -0.2) is 8.42 Å². The summed E-state index contributed by atoms with van der Waals surface area (Å²) < 4.78 is 31.5. The van der Waals surface area contributed by atoms with E-state index in [0.29, 0.717) is 18.8 Å². The molecule has 1 aromatic rings. The van der Waals surface area contributed by atoms with Crippen LogP contribution in [0.2, 0.25) is 0 Å². The van der Waals surface area contributed by atoms with E-state index in [1.54, 1.807) is 35.7 Å². The molecule has 5 nitrogen and oxygen atoms in total. The quantitative estimate of drug-likeness (QED) is 0.889. The Bertz CT molecular complexity index is 536. The first-order valence-corrected chi connectivity index (χ1v) is 8.00. The molecule has 0 bridgehead atoms. The van der Waals surface area contributed by atoms with Gasteiger partial charge in [-0.1, -0.05) is 12.1 Å². The van der Waals surface area contributed by atoms with E-state index < -0.39 is 10.0 Å². The van der Waals surface area contributed by atoms with Crippen molar-refractivity contribution in [3.63, 3.8) is 0 Å². The molecule has 1 aliphatic rings. The molecule has 7 heteroatoms. The van der Waals surface area contributed by atoms with Crippen LogP contribution in [0.4, 0.5) is 0 Å². The Morgan fingerprint density at radius 2 is 2.20 bits per heavy atom. The van der Waals surface area contributed by atoms with Crippen molar-refractivity contribution in [2.75, 3.05) is 20.2 Å². The first-order chi connectivity index (χ1) is 9.06. The Morgan fingerprint density at radius 1 is 1.45 bits per heavy atom. The van der Waals surface area contributed by atoms with Crippen molar-refractivity contribution < 1.29 is 13.2 Å². The van der Waals surface area contributed by atoms with Gasteiger partial charge in [0.2, 0.25) is 10.0 Å². The lowest BCUT2D eigenvalue weighted by molar-refractivity contribution is 0.392. The monoisotopic (exact) mass is 320 g/mol. The highest BCUT2D eigenvalue weighted by atomic mass is 35.5. The Morgan fingerprint density at radius 3 is 2.85 bits per heavy atom. The van der Waals surface area contributed by atoms with Gasteiger partial charge in [-0.2, -0.15) is 4.31 Å². The average Bonchev–Trinajstić information content (AvgIpc) is 2.87. The van der Waals surface area contributed by atoms with E-state index in [1.165, 1.54) is 0 Å². The second kappa shape index (κ2) is 7.26. The minimum absolute atomic E-state index is 0. The second-order valence-corrected chi connectivity index (χ2v) is 6.67. The summed E-state index contributed by atoms with van der Waals surface area (Å²) in [5, 5.41) is 0. The lowest BCUT2D eigenvalue weighted by atomic mass is 10.2. The van der Waals surface area contributed by atoms with Crippen molar-refractivity contribution in [1.29, 1.82) is 0 Å². The van der Waals surface area contributed by atoms with Gasteiger partial charge in [-0.05, 0) is 30.5 Å². The van der Waals surface area contributed by atoms with E-state index in [-0.39, 0.29) is 24.2 Å². The molecule has 1 aliphatic heterocycles. The van der Waals surface area contributed by atoms with E-state index in [9.17, 15) is 8.42 Å². The molecule has 1 aromatic carbocycles. The van der Waals surface area contributed by atoms with Crippen LogP contribution in [0.5, 0.6) is 5.75 Å². The third kappa shape index (κ3) is 3.85. The molecule has 1 atom stereocenters. The van der Waals surface area contributed by atoms with Crippen molar-refractivity contribution in [3.05, 3.63) is 29.8 Å². The van der Waals surface area contributed by atoms with Gasteiger partial charge in [0.15, 0.2) is 0 Å². The van der Waals surface area contributed by atoms with Crippen molar-refractivity contribution in [1.82, 2.24) is 4.31 Å². The van der Waals surface area contributed by atoms with Crippen LogP contribution in [-0.4, -0.2) is 39.0 Å². The van der Waals surface area contributed by atoms with Crippen molar-refractivity contribution in [3.8, 4) is 5.75 Å². The van der Waals surface area contributed by atoms with Gasteiger partial charge in [0.05, 0.1) is 12.9 Å². The minimum Gasteiger partial charge on any atom is -0.497 e. The number of nitrogens with zero attached hydrogens (tertiary/aromatic N) is 1. The molecule has 0 amide bonds. The summed E-state index contributed by atoms with van der Waals surface area (Å²) >= 11 is 0. The molecule has 0 spiro atoms. The standard InChI is InChI=1S/C13H20N2O3S.ClH/c1-18-13-6-2-4-11(8-13)10-19(16,17)15-7-3-5-12(15)9-14;/h2,4,6,8,12H,3,5,7,9-10,14H2,1H3;1H. The molecular formula is C13H21ClN2O3S. The molecule has 0 radical (unpaired) electrons. The van der Waals surface area contributed by atoms with Crippen LogP contribution in [0.3, 0.4) is 0 Å². The van der Waals surface area contributed by atoms with Crippen LogP contribution in [0.25, 0.3) is 0 Å². The summed E-state index contributed by atoms with van der Waals surface area (Å²) in [6, 6.07) is 7.11. The minimum atomic E-state index is -3.30. The zero-order valence-electron chi connectivity index (χ0n) is 11.5. The third-order valence-electron chi connectivity index (χ3n) is 3.44. The molecule has 1 heterocycles. The van der Waals surface area contributed by atoms with Crippen LogP contribution < -0.4 is 10.5 Å².